The van der Waals surface area contributed by atoms with Gasteiger partial charge in [0.1, 0.15) is 0 Å². The minimum absolute atomic E-state index is 0.118. The first kappa shape index (κ1) is 16.8. The molecule has 1 aliphatic carbocycles. The Morgan fingerprint density at radius 1 is 1.05 bits per heavy atom. The SMILES string of the molecule is NC1(C(=O)NCCNC(=O)c2ccc(Cl)cc2)CCCCC1. The van der Waals surface area contributed by atoms with Gasteiger partial charge in [0.25, 0.3) is 5.91 Å². The van der Waals surface area contributed by atoms with Crippen molar-refractivity contribution in [1.29, 1.82) is 0 Å². The van der Waals surface area contributed by atoms with Crippen molar-refractivity contribution in [2.75, 3.05) is 13.1 Å². The summed E-state index contributed by atoms with van der Waals surface area (Å²) in [5.74, 6) is -0.306. The van der Waals surface area contributed by atoms with Gasteiger partial charge in [0.2, 0.25) is 5.91 Å². The number of nitrogens with two attached hydrogens (primary N) is 1. The molecule has 0 bridgehead atoms. The summed E-state index contributed by atoms with van der Waals surface area (Å²) in [6, 6.07) is 6.65. The third kappa shape index (κ3) is 4.45. The van der Waals surface area contributed by atoms with E-state index in [1.165, 1.54) is 0 Å². The molecule has 1 fully saturated rings. The van der Waals surface area contributed by atoms with Gasteiger partial charge >= 0.3 is 0 Å². The minimum atomic E-state index is -0.738. The summed E-state index contributed by atoms with van der Waals surface area (Å²) in [5.41, 5.74) is 5.94. The van der Waals surface area contributed by atoms with E-state index in [9.17, 15) is 9.59 Å². The van der Waals surface area contributed by atoms with Gasteiger partial charge in [-0.1, -0.05) is 30.9 Å². The molecule has 0 spiro atoms. The Morgan fingerprint density at radius 3 is 2.27 bits per heavy atom. The van der Waals surface area contributed by atoms with E-state index < -0.39 is 5.54 Å². The van der Waals surface area contributed by atoms with Crippen LogP contribution in [0.25, 0.3) is 0 Å². The quantitative estimate of drug-likeness (QED) is 0.723. The predicted octanol–water partition coefficient (Wildman–Crippen LogP) is 1.85. The number of hydrogen-bond acceptors (Lipinski definition) is 3. The molecular weight excluding hydrogens is 302 g/mol. The average molecular weight is 324 g/mol. The molecular formula is C16H22ClN3O2. The molecule has 0 heterocycles. The first-order chi connectivity index (χ1) is 10.5. The van der Waals surface area contributed by atoms with E-state index in [1.807, 2.05) is 0 Å². The molecule has 2 amide bonds. The number of halogens is 1. The maximum absolute atomic E-state index is 12.1. The van der Waals surface area contributed by atoms with Gasteiger partial charge in [-0.2, -0.15) is 0 Å². The highest BCUT2D eigenvalue weighted by atomic mass is 35.5. The second kappa shape index (κ2) is 7.61. The molecule has 0 aliphatic heterocycles. The standard InChI is InChI=1S/C16H22ClN3O2/c17-13-6-4-12(5-7-13)14(21)19-10-11-20-15(22)16(18)8-2-1-3-9-16/h4-7H,1-3,8-11,18H2,(H,19,21)(H,20,22). The fourth-order valence-electron chi connectivity index (χ4n) is 2.64. The third-order valence-electron chi connectivity index (χ3n) is 4.00. The van der Waals surface area contributed by atoms with Gasteiger partial charge < -0.3 is 16.4 Å². The molecule has 22 heavy (non-hydrogen) atoms. The van der Waals surface area contributed by atoms with Crippen LogP contribution in [0.3, 0.4) is 0 Å². The number of rotatable bonds is 5. The zero-order valence-corrected chi connectivity index (χ0v) is 13.3. The van der Waals surface area contributed by atoms with Crippen molar-refractivity contribution in [1.82, 2.24) is 10.6 Å². The van der Waals surface area contributed by atoms with E-state index in [4.69, 9.17) is 17.3 Å². The van der Waals surface area contributed by atoms with Crippen molar-refractivity contribution in [3.63, 3.8) is 0 Å². The lowest BCUT2D eigenvalue weighted by Crippen LogP contribution is -2.55. The fourth-order valence-corrected chi connectivity index (χ4v) is 2.77. The number of hydrogen-bond donors (Lipinski definition) is 3. The average Bonchev–Trinajstić information content (AvgIpc) is 2.52. The van der Waals surface area contributed by atoms with E-state index >= 15 is 0 Å². The van der Waals surface area contributed by atoms with Crippen LogP contribution in [0.1, 0.15) is 42.5 Å². The molecule has 4 N–H and O–H groups in total. The summed E-state index contributed by atoms with van der Waals surface area (Å²) >= 11 is 5.77. The van der Waals surface area contributed by atoms with Crippen LogP contribution >= 0.6 is 11.6 Å². The van der Waals surface area contributed by atoms with Crippen molar-refractivity contribution in [2.24, 2.45) is 5.73 Å². The van der Waals surface area contributed by atoms with Crippen molar-refractivity contribution < 1.29 is 9.59 Å². The Hall–Kier alpha value is -1.59. The summed E-state index contributed by atoms with van der Waals surface area (Å²) in [6.07, 6.45) is 4.60. The van der Waals surface area contributed by atoms with Crippen molar-refractivity contribution in [3.05, 3.63) is 34.9 Å². The van der Waals surface area contributed by atoms with E-state index in [0.717, 1.165) is 32.1 Å². The third-order valence-corrected chi connectivity index (χ3v) is 4.25. The Bertz CT molecular complexity index is 525. The summed E-state index contributed by atoms with van der Waals surface area (Å²) in [5, 5.41) is 6.15. The molecule has 5 nitrogen and oxygen atoms in total. The second-order valence-electron chi connectivity index (χ2n) is 5.74. The van der Waals surface area contributed by atoms with Gasteiger partial charge in [0.05, 0.1) is 5.54 Å². The van der Waals surface area contributed by atoms with E-state index in [0.29, 0.717) is 23.7 Å². The van der Waals surface area contributed by atoms with Crippen LogP contribution in [0.2, 0.25) is 5.02 Å². The lowest BCUT2D eigenvalue weighted by Gasteiger charge is -2.31. The maximum atomic E-state index is 12.1. The molecule has 1 saturated carbocycles. The highest BCUT2D eigenvalue weighted by molar-refractivity contribution is 6.30. The van der Waals surface area contributed by atoms with E-state index in [-0.39, 0.29) is 11.8 Å². The smallest absolute Gasteiger partial charge is 0.251 e. The van der Waals surface area contributed by atoms with Crippen LogP contribution in [0.15, 0.2) is 24.3 Å². The number of carbonyl (C=O) groups is 2. The molecule has 0 unspecified atom stereocenters. The number of nitrogens with one attached hydrogen (secondary N) is 2. The fraction of sp³-hybridized carbons (Fsp3) is 0.500. The van der Waals surface area contributed by atoms with Crippen molar-refractivity contribution in [3.8, 4) is 0 Å². The van der Waals surface area contributed by atoms with Crippen LogP contribution in [0, 0.1) is 0 Å². The molecule has 120 valence electrons. The lowest BCUT2D eigenvalue weighted by atomic mass is 9.82. The lowest BCUT2D eigenvalue weighted by molar-refractivity contribution is -0.127. The molecule has 1 aromatic rings. The summed E-state index contributed by atoms with van der Waals surface area (Å²) < 4.78 is 0. The minimum Gasteiger partial charge on any atom is -0.353 e. The van der Waals surface area contributed by atoms with Gasteiger partial charge in [-0.15, -0.1) is 0 Å². The second-order valence-corrected chi connectivity index (χ2v) is 6.17. The molecule has 0 radical (unpaired) electrons. The van der Waals surface area contributed by atoms with Crippen molar-refractivity contribution in [2.45, 2.75) is 37.6 Å². The molecule has 2 rings (SSSR count). The van der Waals surface area contributed by atoms with E-state index in [2.05, 4.69) is 10.6 Å². The summed E-state index contributed by atoms with van der Waals surface area (Å²) in [6.45, 7) is 0.737. The zero-order valence-electron chi connectivity index (χ0n) is 12.5. The van der Waals surface area contributed by atoms with Crippen LogP contribution in [-0.2, 0) is 4.79 Å². The largest absolute Gasteiger partial charge is 0.353 e. The molecule has 1 aromatic carbocycles. The Kier molecular flexibility index (Phi) is 5.80. The van der Waals surface area contributed by atoms with Gasteiger partial charge in [0, 0.05) is 23.7 Å². The van der Waals surface area contributed by atoms with Gasteiger partial charge in [0.15, 0.2) is 0 Å². The first-order valence-corrected chi connectivity index (χ1v) is 8.00. The first-order valence-electron chi connectivity index (χ1n) is 7.62. The Labute approximate surface area is 135 Å². The van der Waals surface area contributed by atoms with Crippen molar-refractivity contribution >= 4 is 23.4 Å². The van der Waals surface area contributed by atoms with Gasteiger partial charge in [-0.05, 0) is 37.1 Å². The monoisotopic (exact) mass is 323 g/mol. The molecule has 6 heteroatoms. The highest BCUT2D eigenvalue weighted by Crippen LogP contribution is 2.25. The molecule has 0 atom stereocenters. The van der Waals surface area contributed by atoms with Crippen LogP contribution in [0.4, 0.5) is 0 Å². The maximum Gasteiger partial charge on any atom is 0.251 e. The predicted molar refractivity (Wildman–Crippen MR) is 86.8 cm³/mol. The van der Waals surface area contributed by atoms with E-state index in [1.54, 1.807) is 24.3 Å². The Morgan fingerprint density at radius 2 is 1.64 bits per heavy atom. The summed E-state index contributed by atoms with van der Waals surface area (Å²) in [7, 11) is 0. The molecule has 0 saturated heterocycles. The number of carbonyl (C=O) groups excluding carboxylic acids is 2. The Balaban J connectivity index is 1.71. The molecule has 0 aromatic heterocycles. The molecule has 1 aliphatic rings. The normalized spacial score (nSPS) is 16.8. The summed E-state index contributed by atoms with van der Waals surface area (Å²) in [4.78, 5) is 24.0. The van der Waals surface area contributed by atoms with Crippen LogP contribution < -0.4 is 16.4 Å². The van der Waals surface area contributed by atoms with Gasteiger partial charge in [-0.3, -0.25) is 9.59 Å². The zero-order chi connectivity index (χ0) is 16.0. The topological polar surface area (TPSA) is 84.2 Å². The highest BCUT2D eigenvalue weighted by Gasteiger charge is 2.34. The van der Waals surface area contributed by atoms with Crippen LogP contribution in [0.5, 0.6) is 0 Å². The van der Waals surface area contributed by atoms with Crippen LogP contribution in [-0.4, -0.2) is 30.4 Å². The van der Waals surface area contributed by atoms with Gasteiger partial charge in [-0.25, -0.2) is 0 Å². The number of benzene rings is 1. The number of amides is 2.